The van der Waals surface area contributed by atoms with Crippen molar-refractivity contribution < 1.29 is 54.0 Å². The van der Waals surface area contributed by atoms with Gasteiger partial charge >= 0.3 is 17.9 Å². The van der Waals surface area contributed by atoms with Crippen LogP contribution in [0.3, 0.4) is 0 Å². The van der Waals surface area contributed by atoms with Gasteiger partial charge in [0.25, 0.3) is 0 Å². The van der Waals surface area contributed by atoms with Crippen molar-refractivity contribution in [3.63, 3.8) is 0 Å². The molecular formula is C22H36N8O11. The zero-order valence-electron chi connectivity index (χ0n) is 22.0. The molecule has 0 aliphatic carbocycles. The lowest BCUT2D eigenvalue weighted by Crippen LogP contribution is -2.59. The topological polar surface area (TPSA) is 330 Å². The molecule has 0 bridgehead atoms. The standard InChI is InChI=1S/C22H36N8O11/c23-10(7-15(32)33)17(36)29-13(9-31)18(37)28-12(8-16(34)35)20(39)30-6-2-4-14(30)19(38)27-11(21(40)41)3-1-5-26-22(24)25/h10-14,31H,1-9,23H2,(H,27,38)(H,28,37)(H,29,36)(H,32,33)(H,34,35)(H,40,41)(H4,24,25,26)/t10-,11+,12-,13+,14-/m0/s1. The van der Waals surface area contributed by atoms with Gasteiger partial charge in [0, 0.05) is 13.1 Å². The Morgan fingerprint density at radius 2 is 1.49 bits per heavy atom. The first-order chi connectivity index (χ1) is 19.2. The normalized spacial score (nSPS) is 17.3. The summed E-state index contributed by atoms with van der Waals surface area (Å²) in [6, 6.07) is -7.50. The number of aliphatic hydroxyl groups is 1. The first kappa shape index (κ1) is 34.5. The molecular weight excluding hydrogens is 552 g/mol. The molecule has 1 heterocycles. The summed E-state index contributed by atoms with van der Waals surface area (Å²) in [6.07, 6.45) is -1.07. The van der Waals surface area contributed by atoms with Crippen molar-refractivity contribution in [2.24, 2.45) is 22.2 Å². The lowest BCUT2D eigenvalue weighted by atomic mass is 10.1. The molecule has 1 aliphatic rings. The predicted molar refractivity (Wildman–Crippen MR) is 138 cm³/mol. The minimum atomic E-state index is -1.73. The van der Waals surface area contributed by atoms with Gasteiger partial charge in [-0.3, -0.25) is 33.8 Å². The number of likely N-dealkylation sites (tertiary alicyclic amines) is 1. The van der Waals surface area contributed by atoms with Crippen LogP contribution in [0.25, 0.3) is 0 Å². The summed E-state index contributed by atoms with van der Waals surface area (Å²) in [5.41, 5.74) is 15.9. The molecule has 230 valence electrons. The first-order valence-electron chi connectivity index (χ1n) is 12.5. The predicted octanol–water partition coefficient (Wildman–Crippen LogP) is -5.16. The summed E-state index contributed by atoms with van der Waals surface area (Å²) in [6.45, 7) is -0.886. The fraction of sp³-hybridized carbons (Fsp3) is 0.636. The Bertz CT molecular complexity index is 1030. The van der Waals surface area contributed by atoms with Crippen molar-refractivity contribution in [2.45, 2.75) is 68.7 Å². The van der Waals surface area contributed by atoms with E-state index in [1.165, 1.54) is 0 Å². The monoisotopic (exact) mass is 588 g/mol. The van der Waals surface area contributed by atoms with Crippen molar-refractivity contribution in [2.75, 3.05) is 19.7 Å². The molecule has 19 nitrogen and oxygen atoms in total. The molecule has 1 rings (SSSR count). The van der Waals surface area contributed by atoms with E-state index in [2.05, 4.69) is 15.6 Å². The van der Waals surface area contributed by atoms with Crippen LogP contribution in [0.1, 0.15) is 38.5 Å². The van der Waals surface area contributed by atoms with E-state index in [4.69, 9.17) is 22.3 Å². The third-order valence-corrected chi connectivity index (χ3v) is 5.94. The van der Waals surface area contributed by atoms with Gasteiger partial charge in [-0.1, -0.05) is 0 Å². The van der Waals surface area contributed by atoms with Crippen molar-refractivity contribution in [1.82, 2.24) is 20.9 Å². The van der Waals surface area contributed by atoms with E-state index in [0.717, 1.165) is 4.90 Å². The average Bonchev–Trinajstić information content (AvgIpc) is 3.37. The van der Waals surface area contributed by atoms with E-state index in [1.54, 1.807) is 0 Å². The fourth-order valence-electron chi connectivity index (χ4n) is 3.93. The van der Waals surface area contributed by atoms with Crippen LogP contribution in [0.4, 0.5) is 0 Å². The second kappa shape index (κ2) is 16.6. The van der Waals surface area contributed by atoms with Gasteiger partial charge in [0.2, 0.25) is 23.6 Å². The van der Waals surface area contributed by atoms with E-state index < -0.39 is 91.2 Å². The van der Waals surface area contributed by atoms with Gasteiger partial charge in [-0.05, 0) is 25.7 Å². The summed E-state index contributed by atoms with van der Waals surface area (Å²) in [7, 11) is 0. The van der Waals surface area contributed by atoms with Crippen molar-refractivity contribution in [3.05, 3.63) is 0 Å². The third-order valence-electron chi connectivity index (χ3n) is 5.94. The number of nitrogens with one attached hydrogen (secondary N) is 3. The van der Waals surface area contributed by atoms with Gasteiger partial charge in [0.15, 0.2) is 5.96 Å². The molecule has 13 N–H and O–H groups in total. The number of carbonyl (C=O) groups excluding carboxylic acids is 4. The van der Waals surface area contributed by atoms with E-state index in [9.17, 15) is 48.9 Å². The number of carboxylic acids is 3. The molecule has 0 radical (unpaired) electrons. The van der Waals surface area contributed by atoms with Crippen LogP contribution in [0, 0.1) is 0 Å². The van der Waals surface area contributed by atoms with Crippen LogP contribution in [-0.4, -0.2) is 123 Å². The van der Waals surface area contributed by atoms with E-state index >= 15 is 0 Å². The number of aliphatic carboxylic acids is 3. The second-order valence-corrected chi connectivity index (χ2v) is 9.15. The molecule has 41 heavy (non-hydrogen) atoms. The first-order valence-corrected chi connectivity index (χ1v) is 12.5. The number of aliphatic imine (C=N–C) groups is 1. The highest BCUT2D eigenvalue weighted by molar-refractivity contribution is 5.97. The van der Waals surface area contributed by atoms with Crippen LogP contribution >= 0.6 is 0 Å². The van der Waals surface area contributed by atoms with E-state index in [-0.39, 0.29) is 38.3 Å². The average molecular weight is 589 g/mol. The summed E-state index contributed by atoms with van der Waals surface area (Å²) in [5, 5.41) is 43.5. The third kappa shape index (κ3) is 11.6. The number of carboxylic acid groups (broad SMARTS) is 3. The molecule has 0 aromatic carbocycles. The van der Waals surface area contributed by atoms with Crippen LogP contribution < -0.4 is 33.2 Å². The van der Waals surface area contributed by atoms with Gasteiger partial charge in [-0.25, -0.2) is 4.79 Å². The Morgan fingerprint density at radius 3 is 2.02 bits per heavy atom. The highest BCUT2D eigenvalue weighted by Crippen LogP contribution is 2.20. The Labute approximate surface area is 233 Å². The largest absolute Gasteiger partial charge is 0.481 e. The molecule has 0 aromatic heterocycles. The summed E-state index contributed by atoms with van der Waals surface area (Å²) < 4.78 is 0. The van der Waals surface area contributed by atoms with Gasteiger partial charge in [0.05, 0.1) is 25.5 Å². The summed E-state index contributed by atoms with van der Waals surface area (Å²) in [4.78, 5) is 89.5. The Morgan fingerprint density at radius 1 is 0.878 bits per heavy atom. The molecule has 5 atom stereocenters. The molecule has 19 heteroatoms. The molecule has 1 aliphatic heterocycles. The number of carbonyl (C=O) groups is 7. The highest BCUT2D eigenvalue weighted by Gasteiger charge is 2.40. The Balaban J connectivity index is 2.98. The van der Waals surface area contributed by atoms with Crippen molar-refractivity contribution in [3.8, 4) is 0 Å². The molecule has 1 fully saturated rings. The van der Waals surface area contributed by atoms with Gasteiger partial charge < -0.3 is 58.5 Å². The lowest BCUT2D eigenvalue weighted by molar-refractivity contribution is -0.147. The number of rotatable bonds is 17. The van der Waals surface area contributed by atoms with Crippen molar-refractivity contribution >= 4 is 47.5 Å². The second-order valence-electron chi connectivity index (χ2n) is 9.15. The highest BCUT2D eigenvalue weighted by atomic mass is 16.4. The fourth-order valence-corrected chi connectivity index (χ4v) is 3.93. The van der Waals surface area contributed by atoms with Crippen LogP contribution in [0.15, 0.2) is 4.99 Å². The molecule has 4 amide bonds. The number of nitrogens with zero attached hydrogens (tertiary/aromatic N) is 2. The van der Waals surface area contributed by atoms with Crippen LogP contribution in [0.5, 0.6) is 0 Å². The maximum Gasteiger partial charge on any atom is 0.326 e. The molecule has 1 saturated heterocycles. The van der Waals surface area contributed by atoms with Gasteiger partial charge in [-0.2, -0.15) is 0 Å². The summed E-state index contributed by atoms with van der Waals surface area (Å²) in [5.74, 6) is -8.45. The molecule has 0 unspecified atom stereocenters. The van der Waals surface area contributed by atoms with Crippen LogP contribution in [-0.2, 0) is 33.6 Å². The van der Waals surface area contributed by atoms with E-state index in [0.29, 0.717) is 6.42 Å². The zero-order valence-corrected chi connectivity index (χ0v) is 22.0. The van der Waals surface area contributed by atoms with Crippen LogP contribution in [0.2, 0.25) is 0 Å². The Hall–Kier alpha value is -4.52. The zero-order chi connectivity index (χ0) is 31.3. The maximum absolute atomic E-state index is 13.3. The maximum atomic E-state index is 13.3. The molecule has 0 aromatic rings. The number of hydrogen-bond acceptors (Lipinski definition) is 10. The number of nitrogens with two attached hydrogens (primary N) is 3. The number of aliphatic hydroxyl groups excluding tert-OH is 1. The quantitative estimate of drug-likeness (QED) is 0.0431. The van der Waals surface area contributed by atoms with E-state index in [1.807, 2.05) is 5.32 Å². The smallest absolute Gasteiger partial charge is 0.326 e. The number of amides is 4. The minimum absolute atomic E-state index is 0.00462. The molecule has 0 saturated carbocycles. The lowest BCUT2D eigenvalue weighted by Gasteiger charge is -2.29. The van der Waals surface area contributed by atoms with Gasteiger partial charge in [0.1, 0.15) is 24.2 Å². The number of guanidine groups is 1. The Kier molecular flexibility index (Phi) is 13.9. The van der Waals surface area contributed by atoms with Gasteiger partial charge in [-0.15, -0.1) is 0 Å². The minimum Gasteiger partial charge on any atom is -0.481 e. The van der Waals surface area contributed by atoms with Crippen molar-refractivity contribution in [1.29, 1.82) is 0 Å². The molecule has 0 spiro atoms. The summed E-state index contributed by atoms with van der Waals surface area (Å²) >= 11 is 0. The number of hydrogen-bond donors (Lipinski definition) is 10. The SMILES string of the molecule is NC(N)=NCCC[C@@H](NC(=O)[C@@H]1CCCN1C(=O)[C@H](CC(=O)O)NC(=O)[C@@H](CO)NC(=O)[C@@H](N)CC(=O)O)C(=O)O.